The molecule has 0 saturated carbocycles. The fourth-order valence-electron chi connectivity index (χ4n) is 2.54. The predicted molar refractivity (Wildman–Crippen MR) is 99.5 cm³/mol. The number of hydrogen-bond donors (Lipinski definition) is 1. The highest BCUT2D eigenvalue weighted by Crippen LogP contribution is 2.37. The number of hydrogen-bond acceptors (Lipinski definition) is 6. The lowest BCUT2D eigenvalue weighted by atomic mass is 10.2. The van der Waals surface area contributed by atoms with E-state index in [1.54, 1.807) is 23.5 Å². The number of carboxylic acids is 1. The molecule has 0 amide bonds. The maximum absolute atomic E-state index is 11.2. The van der Waals surface area contributed by atoms with E-state index in [0.717, 1.165) is 25.7 Å². The van der Waals surface area contributed by atoms with Crippen LogP contribution in [0.3, 0.4) is 0 Å². The van der Waals surface area contributed by atoms with Crippen molar-refractivity contribution in [1.82, 2.24) is 9.97 Å². The third-order valence-electron chi connectivity index (χ3n) is 3.55. The van der Waals surface area contributed by atoms with Gasteiger partial charge in [-0.25, -0.2) is 9.97 Å². The van der Waals surface area contributed by atoms with Crippen LogP contribution in [-0.2, 0) is 11.2 Å². The zero-order valence-electron chi connectivity index (χ0n) is 12.9. The Hall–Kier alpha value is -2.22. The molecule has 126 valence electrons. The predicted octanol–water partition coefficient (Wildman–Crippen LogP) is 5.27. The van der Waals surface area contributed by atoms with E-state index in [2.05, 4.69) is 9.97 Å². The van der Waals surface area contributed by atoms with E-state index in [1.807, 2.05) is 25.1 Å². The second-order valence-corrected chi connectivity index (χ2v) is 8.33. The van der Waals surface area contributed by atoms with Gasteiger partial charge in [0.2, 0.25) is 5.89 Å². The third-order valence-corrected chi connectivity index (χ3v) is 5.74. The lowest BCUT2D eigenvalue weighted by molar-refractivity contribution is -0.136. The number of carbonyl (C=O) groups is 1. The fraction of sp³-hybridized carbons (Fsp3) is 0.118. The average molecular weight is 391 g/mol. The minimum Gasteiger partial charge on any atom is -0.481 e. The van der Waals surface area contributed by atoms with Gasteiger partial charge in [-0.15, -0.1) is 22.7 Å². The van der Waals surface area contributed by atoms with Crippen LogP contribution in [0.2, 0.25) is 4.34 Å². The molecule has 0 aliphatic carbocycles. The summed E-state index contributed by atoms with van der Waals surface area (Å²) < 4.78 is 7.60. The Morgan fingerprint density at radius 2 is 2.08 bits per heavy atom. The highest BCUT2D eigenvalue weighted by molar-refractivity contribution is 7.19. The summed E-state index contributed by atoms with van der Waals surface area (Å²) in [4.78, 5) is 20.8. The Morgan fingerprint density at radius 1 is 1.24 bits per heavy atom. The van der Waals surface area contributed by atoms with Crippen molar-refractivity contribution in [2.24, 2.45) is 0 Å². The number of fused-ring (bicyclic) bond motifs is 1. The molecule has 1 N–H and O–H groups in total. The van der Waals surface area contributed by atoms with Gasteiger partial charge in [-0.2, -0.15) is 0 Å². The first-order valence-corrected chi connectivity index (χ1v) is 9.35. The third kappa shape index (κ3) is 3.18. The van der Waals surface area contributed by atoms with Gasteiger partial charge < -0.3 is 9.52 Å². The molecule has 25 heavy (non-hydrogen) atoms. The van der Waals surface area contributed by atoms with Crippen LogP contribution in [0.1, 0.15) is 10.7 Å². The fourth-order valence-corrected chi connectivity index (χ4v) is 4.40. The maximum Gasteiger partial charge on any atom is 0.309 e. The smallest absolute Gasteiger partial charge is 0.309 e. The van der Waals surface area contributed by atoms with Crippen LogP contribution in [0.4, 0.5) is 0 Å². The summed E-state index contributed by atoms with van der Waals surface area (Å²) in [7, 11) is 0. The summed E-state index contributed by atoms with van der Waals surface area (Å²) in [5, 5.41) is 10.1. The van der Waals surface area contributed by atoms with Crippen LogP contribution in [0.25, 0.3) is 32.3 Å². The molecule has 0 spiro atoms. The van der Waals surface area contributed by atoms with Gasteiger partial charge >= 0.3 is 5.97 Å². The summed E-state index contributed by atoms with van der Waals surface area (Å²) >= 11 is 8.94. The van der Waals surface area contributed by atoms with Gasteiger partial charge in [-0.3, -0.25) is 4.79 Å². The van der Waals surface area contributed by atoms with Crippen molar-refractivity contribution in [2.45, 2.75) is 13.3 Å². The van der Waals surface area contributed by atoms with E-state index in [0.29, 0.717) is 21.7 Å². The Kier molecular flexibility index (Phi) is 4.07. The molecule has 0 aliphatic heterocycles. The summed E-state index contributed by atoms with van der Waals surface area (Å²) in [6.45, 7) is 1.96. The van der Waals surface area contributed by atoms with E-state index in [-0.39, 0.29) is 6.42 Å². The molecular formula is C17H11ClN2O3S2. The molecule has 3 aromatic heterocycles. The number of oxazole rings is 1. The number of thiophene rings is 1. The van der Waals surface area contributed by atoms with Gasteiger partial charge in [0.05, 0.1) is 36.6 Å². The van der Waals surface area contributed by atoms with E-state index in [1.165, 1.54) is 11.3 Å². The molecule has 0 fully saturated rings. The first kappa shape index (κ1) is 16.3. The molecule has 0 saturated heterocycles. The molecule has 0 atom stereocenters. The number of thiazole rings is 1. The summed E-state index contributed by atoms with van der Waals surface area (Å²) in [5.41, 5.74) is 2.02. The van der Waals surface area contributed by atoms with E-state index in [4.69, 9.17) is 21.1 Å². The topological polar surface area (TPSA) is 76.2 Å². The number of benzene rings is 1. The molecule has 4 rings (SSSR count). The van der Waals surface area contributed by atoms with E-state index >= 15 is 0 Å². The molecule has 5 nitrogen and oxygen atoms in total. The zero-order chi connectivity index (χ0) is 17.6. The molecule has 4 aromatic rings. The summed E-state index contributed by atoms with van der Waals surface area (Å²) in [6, 6.07) is 9.33. The van der Waals surface area contributed by atoms with Gasteiger partial charge in [0, 0.05) is 5.56 Å². The first-order valence-electron chi connectivity index (χ1n) is 7.34. The summed E-state index contributed by atoms with van der Waals surface area (Å²) in [6.07, 6.45) is -0.216. The molecule has 0 radical (unpaired) electrons. The first-order chi connectivity index (χ1) is 12.0. The Bertz CT molecular complexity index is 1100. The second kappa shape index (κ2) is 6.25. The highest BCUT2D eigenvalue weighted by Gasteiger charge is 2.20. The van der Waals surface area contributed by atoms with Gasteiger partial charge in [-0.05, 0) is 37.3 Å². The van der Waals surface area contributed by atoms with E-state index in [9.17, 15) is 4.79 Å². The van der Waals surface area contributed by atoms with Crippen molar-refractivity contribution >= 4 is 50.5 Å². The molecular weight excluding hydrogens is 380 g/mol. The SMILES string of the molecule is Cc1nc2cc(-c3nc(CC(=O)O)c(-c4ccc(Cl)s4)o3)ccc2s1. The minimum absolute atomic E-state index is 0.216. The second-order valence-electron chi connectivity index (χ2n) is 5.38. The number of rotatable bonds is 4. The monoisotopic (exact) mass is 390 g/mol. The molecule has 0 bridgehead atoms. The van der Waals surface area contributed by atoms with Gasteiger partial charge in [0.15, 0.2) is 5.76 Å². The van der Waals surface area contributed by atoms with Crippen LogP contribution in [-0.4, -0.2) is 21.0 Å². The number of halogens is 1. The largest absolute Gasteiger partial charge is 0.481 e. The van der Waals surface area contributed by atoms with E-state index < -0.39 is 5.97 Å². The van der Waals surface area contributed by atoms with Crippen molar-refractivity contribution in [3.8, 4) is 22.1 Å². The van der Waals surface area contributed by atoms with Crippen molar-refractivity contribution in [3.05, 3.63) is 45.4 Å². The van der Waals surface area contributed by atoms with Crippen LogP contribution in [0.5, 0.6) is 0 Å². The van der Waals surface area contributed by atoms with Gasteiger partial charge in [0.1, 0.15) is 0 Å². The Morgan fingerprint density at radius 3 is 2.80 bits per heavy atom. The summed E-state index contributed by atoms with van der Waals surface area (Å²) in [5.74, 6) is -0.137. The van der Waals surface area contributed by atoms with Gasteiger partial charge in [-0.1, -0.05) is 11.6 Å². The minimum atomic E-state index is -0.964. The van der Waals surface area contributed by atoms with Crippen LogP contribution < -0.4 is 0 Å². The van der Waals surface area contributed by atoms with Crippen molar-refractivity contribution in [2.75, 3.05) is 0 Å². The number of carboxylic acid groups (broad SMARTS) is 1. The van der Waals surface area contributed by atoms with Gasteiger partial charge in [0.25, 0.3) is 0 Å². The normalized spacial score (nSPS) is 11.3. The van der Waals surface area contributed by atoms with Crippen molar-refractivity contribution < 1.29 is 14.3 Å². The molecule has 3 heterocycles. The number of aromatic nitrogens is 2. The molecule has 0 aliphatic rings. The standard InChI is InChI=1S/C17H11ClN2O3S2/c1-8-19-10-6-9(2-3-12(10)24-8)17-20-11(7-15(21)22)16(23-17)13-4-5-14(18)25-13/h2-6H,7H2,1H3,(H,21,22). The van der Waals surface area contributed by atoms with Crippen molar-refractivity contribution in [1.29, 1.82) is 0 Å². The van der Waals surface area contributed by atoms with Crippen molar-refractivity contribution in [3.63, 3.8) is 0 Å². The lowest BCUT2D eigenvalue weighted by Crippen LogP contribution is -2.01. The number of nitrogens with zero attached hydrogens (tertiary/aromatic N) is 2. The maximum atomic E-state index is 11.2. The number of aliphatic carboxylic acids is 1. The Labute approximate surface area is 155 Å². The van der Waals surface area contributed by atoms with Crippen LogP contribution in [0.15, 0.2) is 34.7 Å². The zero-order valence-corrected chi connectivity index (χ0v) is 15.3. The molecule has 1 aromatic carbocycles. The average Bonchev–Trinajstić information content (AvgIpc) is 3.23. The highest BCUT2D eigenvalue weighted by atomic mass is 35.5. The molecule has 8 heteroatoms. The van der Waals surface area contributed by atoms with Crippen LogP contribution in [0, 0.1) is 6.92 Å². The quantitative estimate of drug-likeness (QED) is 0.513. The van der Waals surface area contributed by atoms with Crippen LogP contribution >= 0.6 is 34.3 Å². The number of aryl methyl sites for hydroxylation is 1. The molecule has 0 unspecified atom stereocenters. The lowest BCUT2D eigenvalue weighted by Gasteiger charge is -1.95. The Balaban J connectivity index is 1.83.